The van der Waals surface area contributed by atoms with Crippen LogP contribution in [0.25, 0.3) is 0 Å². The summed E-state index contributed by atoms with van der Waals surface area (Å²) in [5.74, 6) is 3.16. The second kappa shape index (κ2) is 4.53. The minimum Gasteiger partial charge on any atom is -0.466 e. The standard InChI is InChI=1S/C17H21NO/c1-10-11(2)19-12(3)16(10)17(18)15-9-14(15)13-7-5-4-6-8-13/h4-8,14-15,17H,9,18H2,1-3H3. The van der Waals surface area contributed by atoms with Crippen LogP contribution in [-0.4, -0.2) is 0 Å². The van der Waals surface area contributed by atoms with Gasteiger partial charge in [-0.3, -0.25) is 0 Å². The molecule has 3 rings (SSSR count). The maximum absolute atomic E-state index is 6.48. The third kappa shape index (κ3) is 2.10. The third-order valence-electron chi connectivity index (χ3n) is 4.48. The van der Waals surface area contributed by atoms with Gasteiger partial charge >= 0.3 is 0 Å². The molecule has 19 heavy (non-hydrogen) atoms. The Morgan fingerprint density at radius 1 is 1.11 bits per heavy atom. The molecule has 2 N–H and O–H groups in total. The summed E-state index contributed by atoms with van der Waals surface area (Å²) in [6.07, 6.45) is 1.19. The summed E-state index contributed by atoms with van der Waals surface area (Å²) >= 11 is 0. The Hall–Kier alpha value is -1.54. The van der Waals surface area contributed by atoms with Crippen LogP contribution in [0.1, 0.15) is 46.6 Å². The van der Waals surface area contributed by atoms with Gasteiger partial charge in [-0.25, -0.2) is 0 Å². The molecule has 1 aromatic heterocycles. The van der Waals surface area contributed by atoms with E-state index in [4.69, 9.17) is 10.2 Å². The minimum absolute atomic E-state index is 0.0997. The lowest BCUT2D eigenvalue weighted by Gasteiger charge is -2.12. The van der Waals surface area contributed by atoms with Crippen LogP contribution in [0.4, 0.5) is 0 Å². The van der Waals surface area contributed by atoms with Gasteiger partial charge in [0.05, 0.1) is 0 Å². The summed E-state index contributed by atoms with van der Waals surface area (Å²) in [4.78, 5) is 0. The van der Waals surface area contributed by atoms with Crippen LogP contribution in [0.15, 0.2) is 34.7 Å². The van der Waals surface area contributed by atoms with Crippen molar-refractivity contribution in [1.29, 1.82) is 0 Å². The molecule has 1 aliphatic rings. The molecule has 3 atom stereocenters. The van der Waals surface area contributed by atoms with Gasteiger partial charge in [0.25, 0.3) is 0 Å². The van der Waals surface area contributed by atoms with Crippen LogP contribution in [0, 0.1) is 26.7 Å². The predicted molar refractivity (Wildman–Crippen MR) is 77.1 cm³/mol. The monoisotopic (exact) mass is 255 g/mol. The number of aryl methyl sites for hydroxylation is 2. The Bertz CT molecular complexity index is 585. The highest BCUT2D eigenvalue weighted by Crippen LogP contribution is 2.54. The average molecular weight is 255 g/mol. The molecule has 1 fully saturated rings. The number of benzene rings is 1. The zero-order valence-corrected chi connectivity index (χ0v) is 11.8. The van der Waals surface area contributed by atoms with E-state index in [1.54, 1.807) is 0 Å². The first-order valence-electron chi connectivity index (χ1n) is 6.96. The smallest absolute Gasteiger partial charge is 0.106 e. The largest absolute Gasteiger partial charge is 0.466 e. The van der Waals surface area contributed by atoms with Gasteiger partial charge in [-0.1, -0.05) is 30.3 Å². The number of hydrogen-bond acceptors (Lipinski definition) is 2. The first-order valence-corrected chi connectivity index (χ1v) is 6.96. The topological polar surface area (TPSA) is 39.2 Å². The Morgan fingerprint density at radius 3 is 2.37 bits per heavy atom. The second-order valence-corrected chi connectivity index (χ2v) is 5.70. The molecule has 0 bridgehead atoms. The predicted octanol–water partition coefficient (Wildman–Crippen LogP) is 4.01. The SMILES string of the molecule is Cc1oc(C)c(C(N)C2CC2c2ccccc2)c1C. The molecule has 0 saturated heterocycles. The van der Waals surface area contributed by atoms with Crippen molar-refractivity contribution in [2.24, 2.45) is 11.7 Å². The summed E-state index contributed by atoms with van der Waals surface area (Å²) in [5, 5.41) is 0. The fourth-order valence-electron chi connectivity index (χ4n) is 3.21. The lowest BCUT2D eigenvalue weighted by atomic mass is 9.96. The highest BCUT2D eigenvalue weighted by atomic mass is 16.3. The van der Waals surface area contributed by atoms with Gasteiger partial charge in [-0.15, -0.1) is 0 Å². The first-order chi connectivity index (χ1) is 9.09. The molecule has 1 heterocycles. The average Bonchev–Trinajstić information content (AvgIpc) is 3.15. The molecule has 3 unspecified atom stereocenters. The van der Waals surface area contributed by atoms with Crippen molar-refractivity contribution in [3.05, 3.63) is 58.5 Å². The van der Waals surface area contributed by atoms with Gasteiger partial charge in [0.1, 0.15) is 11.5 Å². The molecule has 0 radical (unpaired) electrons. The van der Waals surface area contributed by atoms with E-state index in [0.717, 1.165) is 11.5 Å². The van der Waals surface area contributed by atoms with Gasteiger partial charge in [0.2, 0.25) is 0 Å². The zero-order valence-electron chi connectivity index (χ0n) is 11.8. The van der Waals surface area contributed by atoms with E-state index in [9.17, 15) is 0 Å². The second-order valence-electron chi connectivity index (χ2n) is 5.70. The molecule has 0 aliphatic heterocycles. The van der Waals surface area contributed by atoms with Crippen molar-refractivity contribution >= 4 is 0 Å². The van der Waals surface area contributed by atoms with Crippen LogP contribution in [0.5, 0.6) is 0 Å². The van der Waals surface area contributed by atoms with Crippen molar-refractivity contribution < 1.29 is 4.42 Å². The molecule has 1 aliphatic carbocycles. The summed E-state index contributed by atoms with van der Waals surface area (Å²) in [7, 11) is 0. The van der Waals surface area contributed by atoms with E-state index >= 15 is 0 Å². The summed E-state index contributed by atoms with van der Waals surface area (Å²) in [5.41, 5.74) is 10.3. The molecule has 1 saturated carbocycles. The van der Waals surface area contributed by atoms with Crippen molar-refractivity contribution in [3.63, 3.8) is 0 Å². The fourth-order valence-corrected chi connectivity index (χ4v) is 3.21. The molecular weight excluding hydrogens is 234 g/mol. The van der Waals surface area contributed by atoms with Gasteiger partial charge in [0.15, 0.2) is 0 Å². The maximum Gasteiger partial charge on any atom is 0.106 e. The highest BCUT2D eigenvalue weighted by Gasteiger charge is 2.44. The van der Waals surface area contributed by atoms with Crippen LogP contribution >= 0.6 is 0 Å². The van der Waals surface area contributed by atoms with Crippen molar-refractivity contribution in [2.75, 3.05) is 0 Å². The quantitative estimate of drug-likeness (QED) is 0.900. The van der Waals surface area contributed by atoms with Crippen LogP contribution in [-0.2, 0) is 0 Å². The van der Waals surface area contributed by atoms with Gasteiger partial charge in [-0.2, -0.15) is 0 Å². The fraction of sp³-hybridized carbons (Fsp3) is 0.412. The molecular formula is C17H21NO. The molecule has 100 valence electrons. The lowest BCUT2D eigenvalue weighted by Crippen LogP contribution is -2.15. The van der Waals surface area contributed by atoms with Crippen LogP contribution < -0.4 is 5.73 Å². The minimum atomic E-state index is 0.0997. The Morgan fingerprint density at radius 2 is 1.79 bits per heavy atom. The zero-order chi connectivity index (χ0) is 13.6. The molecule has 0 spiro atoms. The molecule has 2 aromatic rings. The van der Waals surface area contributed by atoms with E-state index in [0.29, 0.717) is 11.8 Å². The number of rotatable bonds is 3. The third-order valence-corrected chi connectivity index (χ3v) is 4.48. The molecule has 0 amide bonds. The summed E-state index contributed by atoms with van der Waals surface area (Å²) in [6, 6.07) is 10.8. The van der Waals surface area contributed by atoms with E-state index < -0.39 is 0 Å². The number of nitrogens with two attached hydrogens (primary N) is 1. The normalized spacial score (nSPS) is 23.4. The lowest BCUT2D eigenvalue weighted by molar-refractivity contribution is 0.492. The van der Waals surface area contributed by atoms with Gasteiger partial charge < -0.3 is 10.2 Å². The number of furan rings is 1. The van der Waals surface area contributed by atoms with Crippen molar-refractivity contribution in [2.45, 2.75) is 39.2 Å². The maximum atomic E-state index is 6.48. The Balaban J connectivity index is 1.82. The molecule has 2 heteroatoms. The Kier molecular flexibility index (Phi) is 2.98. The van der Waals surface area contributed by atoms with Crippen LogP contribution in [0.2, 0.25) is 0 Å². The van der Waals surface area contributed by atoms with Crippen molar-refractivity contribution in [1.82, 2.24) is 0 Å². The Labute approximate surface area is 114 Å². The first kappa shape index (κ1) is 12.5. The van der Waals surface area contributed by atoms with E-state index in [-0.39, 0.29) is 6.04 Å². The van der Waals surface area contributed by atoms with Gasteiger partial charge in [0, 0.05) is 11.6 Å². The van der Waals surface area contributed by atoms with Crippen molar-refractivity contribution in [3.8, 4) is 0 Å². The van der Waals surface area contributed by atoms with E-state index in [1.807, 2.05) is 13.8 Å². The molecule has 1 aromatic carbocycles. The summed E-state index contributed by atoms with van der Waals surface area (Å²) in [6.45, 7) is 6.15. The summed E-state index contributed by atoms with van der Waals surface area (Å²) < 4.78 is 5.71. The van der Waals surface area contributed by atoms with E-state index in [2.05, 4.69) is 37.3 Å². The van der Waals surface area contributed by atoms with Crippen LogP contribution in [0.3, 0.4) is 0 Å². The number of hydrogen-bond donors (Lipinski definition) is 1. The highest BCUT2D eigenvalue weighted by molar-refractivity contribution is 5.37. The van der Waals surface area contributed by atoms with E-state index in [1.165, 1.54) is 23.1 Å². The molecule has 2 nitrogen and oxygen atoms in total. The van der Waals surface area contributed by atoms with Gasteiger partial charge in [-0.05, 0) is 50.2 Å².